The maximum atomic E-state index is 12.9. The van der Waals surface area contributed by atoms with Crippen molar-refractivity contribution in [3.05, 3.63) is 64.9 Å². The number of halogens is 2. The van der Waals surface area contributed by atoms with E-state index in [9.17, 15) is 17.6 Å². The van der Waals surface area contributed by atoms with E-state index < -0.39 is 28.0 Å². The molecule has 0 aromatic heterocycles. The van der Waals surface area contributed by atoms with Gasteiger partial charge in [-0.05, 0) is 55.8 Å². The first-order valence-electron chi connectivity index (χ1n) is 7.53. The van der Waals surface area contributed by atoms with Crippen LogP contribution < -0.4 is 10.0 Å². The summed E-state index contributed by atoms with van der Waals surface area (Å²) in [5.74, 6) is -0.860. The minimum absolute atomic E-state index is 0.0168. The highest BCUT2D eigenvalue weighted by Gasteiger charge is 2.23. The van der Waals surface area contributed by atoms with E-state index in [0.29, 0.717) is 10.6 Å². The van der Waals surface area contributed by atoms with Crippen molar-refractivity contribution in [1.29, 1.82) is 0 Å². The topological polar surface area (TPSA) is 75.3 Å². The number of sulfonamides is 1. The number of benzene rings is 2. The highest BCUT2D eigenvalue weighted by molar-refractivity contribution is 7.89. The van der Waals surface area contributed by atoms with Gasteiger partial charge in [-0.3, -0.25) is 4.79 Å². The summed E-state index contributed by atoms with van der Waals surface area (Å²) in [5.41, 5.74) is 0.711. The molecule has 0 saturated heterocycles. The van der Waals surface area contributed by atoms with Gasteiger partial charge < -0.3 is 5.32 Å². The normalized spacial score (nSPS) is 13.9. The zero-order valence-corrected chi connectivity index (χ0v) is 15.2. The second kappa shape index (κ2) is 7.95. The van der Waals surface area contributed by atoms with Crippen LogP contribution in [0.25, 0.3) is 0 Å². The number of carbonyl (C=O) groups is 1. The smallest absolute Gasteiger partial charge is 0.241 e. The lowest BCUT2D eigenvalue weighted by molar-refractivity contribution is -0.123. The molecule has 2 N–H and O–H groups in total. The van der Waals surface area contributed by atoms with Crippen molar-refractivity contribution in [2.24, 2.45) is 0 Å². The predicted octanol–water partition coefficient (Wildman–Crippen LogP) is 3.02. The third-order valence-electron chi connectivity index (χ3n) is 3.58. The van der Waals surface area contributed by atoms with Gasteiger partial charge in [0.25, 0.3) is 0 Å². The van der Waals surface area contributed by atoms with Crippen molar-refractivity contribution < 1.29 is 17.6 Å². The number of amides is 1. The van der Waals surface area contributed by atoms with E-state index in [1.54, 1.807) is 19.1 Å². The number of rotatable bonds is 6. The van der Waals surface area contributed by atoms with Gasteiger partial charge in [-0.25, -0.2) is 12.8 Å². The van der Waals surface area contributed by atoms with Gasteiger partial charge in [-0.15, -0.1) is 0 Å². The highest BCUT2D eigenvalue weighted by atomic mass is 35.5. The molecule has 0 aliphatic carbocycles. The van der Waals surface area contributed by atoms with Crippen LogP contribution in [-0.4, -0.2) is 20.4 Å². The Hall–Kier alpha value is -1.96. The van der Waals surface area contributed by atoms with Crippen LogP contribution in [0.5, 0.6) is 0 Å². The Kier molecular flexibility index (Phi) is 6.16. The fraction of sp³-hybridized carbons (Fsp3) is 0.235. The third-order valence-corrected chi connectivity index (χ3v) is 5.39. The van der Waals surface area contributed by atoms with Gasteiger partial charge in [-0.1, -0.05) is 23.7 Å². The molecule has 134 valence electrons. The predicted molar refractivity (Wildman–Crippen MR) is 94.2 cm³/mol. The van der Waals surface area contributed by atoms with Crippen LogP contribution in [0.15, 0.2) is 53.4 Å². The minimum atomic E-state index is -3.85. The summed E-state index contributed by atoms with van der Waals surface area (Å²) in [4.78, 5) is 12.2. The molecule has 1 amide bonds. The minimum Gasteiger partial charge on any atom is -0.348 e. The molecule has 0 aliphatic heterocycles. The van der Waals surface area contributed by atoms with Crippen LogP contribution >= 0.6 is 11.6 Å². The standard InChI is InChI=1S/C17H18ClFN2O3S/c1-11(13-3-7-15(19)8-4-13)20-17(22)12(2)21-25(23,24)16-9-5-14(18)6-10-16/h3-12,21H,1-2H3,(H,20,22)/t11-,12+/m0/s1. The summed E-state index contributed by atoms with van der Waals surface area (Å²) >= 11 is 5.74. The second-order valence-electron chi connectivity index (χ2n) is 5.58. The third kappa shape index (κ3) is 5.26. The fourth-order valence-corrected chi connectivity index (χ4v) is 3.47. The molecule has 2 aromatic rings. The Balaban J connectivity index is 2.01. The van der Waals surface area contributed by atoms with E-state index in [0.717, 1.165) is 0 Å². The summed E-state index contributed by atoms with van der Waals surface area (Å²) in [6, 6.07) is 9.96. The lowest BCUT2D eigenvalue weighted by atomic mass is 10.1. The molecule has 0 heterocycles. The summed E-state index contributed by atoms with van der Waals surface area (Å²) in [6.07, 6.45) is 0. The Labute approximate surface area is 151 Å². The molecular formula is C17H18ClFN2O3S. The van der Waals surface area contributed by atoms with Gasteiger partial charge in [0, 0.05) is 5.02 Å². The van der Waals surface area contributed by atoms with E-state index >= 15 is 0 Å². The zero-order chi connectivity index (χ0) is 18.6. The maximum Gasteiger partial charge on any atom is 0.241 e. The molecular weight excluding hydrogens is 367 g/mol. The summed E-state index contributed by atoms with van der Waals surface area (Å²) in [5, 5.41) is 3.10. The second-order valence-corrected chi connectivity index (χ2v) is 7.73. The van der Waals surface area contributed by atoms with Crippen LogP contribution in [0.3, 0.4) is 0 Å². The molecule has 0 unspecified atom stereocenters. The molecule has 2 atom stereocenters. The monoisotopic (exact) mass is 384 g/mol. The molecule has 5 nitrogen and oxygen atoms in total. The van der Waals surface area contributed by atoms with Crippen LogP contribution in [0.2, 0.25) is 5.02 Å². The molecule has 25 heavy (non-hydrogen) atoms. The summed E-state index contributed by atoms with van der Waals surface area (Å²) in [6.45, 7) is 3.17. The van der Waals surface area contributed by atoms with E-state index in [1.807, 2.05) is 0 Å². The molecule has 8 heteroatoms. The van der Waals surface area contributed by atoms with Crippen molar-refractivity contribution in [1.82, 2.24) is 10.0 Å². The average molecular weight is 385 g/mol. The number of carbonyl (C=O) groups excluding carboxylic acids is 1. The van der Waals surface area contributed by atoms with Gasteiger partial charge in [-0.2, -0.15) is 4.72 Å². The average Bonchev–Trinajstić information content (AvgIpc) is 2.55. The molecule has 0 fully saturated rings. The molecule has 0 bridgehead atoms. The van der Waals surface area contributed by atoms with Crippen LogP contribution in [-0.2, 0) is 14.8 Å². The van der Waals surface area contributed by atoms with E-state index in [-0.39, 0.29) is 10.7 Å². The van der Waals surface area contributed by atoms with Crippen molar-refractivity contribution in [3.63, 3.8) is 0 Å². The molecule has 0 spiro atoms. The first kappa shape index (κ1) is 19.4. The van der Waals surface area contributed by atoms with Crippen LogP contribution in [0.1, 0.15) is 25.5 Å². The Bertz CT molecular complexity index is 839. The Morgan fingerprint density at radius 1 is 1.04 bits per heavy atom. The molecule has 0 saturated carbocycles. The largest absolute Gasteiger partial charge is 0.348 e. The summed E-state index contributed by atoms with van der Waals surface area (Å²) in [7, 11) is -3.85. The van der Waals surface area contributed by atoms with Crippen LogP contribution in [0, 0.1) is 5.82 Å². The molecule has 2 rings (SSSR count). The lowest BCUT2D eigenvalue weighted by Crippen LogP contribution is -2.45. The van der Waals surface area contributed by atoms with Crippen molar-refractivity contribution >= 4 is 27.5 Å². The molecule has 0 aliphatic rings. The SMILES string of the molecule is C[C@H](NC(=O)[C@@H](C)NS(=O)(=O)c1ccc(Cl)cc1)c1ccc(F)cc1. The quantitative estimate of drug-likeness (QED) is 0.803. The Morgan fingerprint density at radius 3 is 2.16 bits per heavy atom. The molecule has 2 aromatic carbocycles. The zero-order valence-electron chi connectivity index (χ0n) is 13.7. The van der Waals surface area contributed by atoms with Gasteiger partial charge >= 0.3 is 0 Å². The fourth-order valence-electron chi connectivity index (χ4n) is 2.14. The van der Waals surface area contributed by atoms with Crippen molar-refractivity contribution in [3.8, 4) is 0 Å². The highest BCUT2D eigenvalue weighted by Crippen LogP contribution is 2.15. The first-order valence-corrected chi connectivity index (χ1v) is 9.39. The molecule has 0 radical (unpaired) electrons. The Morgan fingerprint density at radius 2 is 1.60 bits per heavy atom. The van der Waals surface area contributed by atoms with Gasteiger partial charge in [0.15, 0.2) is 0 Å². The van der Waals surface area contributed by atoms with Crippen molar-refractivity contribution in [2.45, 2.75) is 30.8 Å². The van der Waals surface area contributed by atoms with E-state index in [4.69, 9.17) is 11.6 Å². The first-order chi connectivity index (χ1) is 11.7. The van der Waals surface area contributed by atoms with E-state index in [2.05, 4.69) is 10.0 Å². The van der Waals surface area contributed by atoms with Gasteiger partial charge in [0.2, 0.25) is 15.9 Å². The number of nitrogens with one attached hydrogen (secondary N) is 2. The van der Waals surface area contributed by atoms with Crippen LogP contribution in [0.4, 0.5) is 4.39 Å². The lowest BCUT2D eigenvalue weighted by Gasteiger charge is -2.19. The van der Waals surface area contributed by atoms with Gasteiger partial charge in [0.05, 0.1) is 17.0 Å². The number of hydrogen-bond acceptors (Lipinski definition) is 3. The summed E-state index contributed by atoms with van der Waals surface area (Å²) < 4.78 is 39.8. The number of hydrogen-bond donors (Lipinski definition) is 2. The maximum absolute atomic E-state index is 12.9. The van der Waals surface area contributed by atoms with Gasteiger partial charge in [0.1, 0.15) is 5.82 Å². The van der Waals surface area contributed by atoms with E-state index in [1.165, 1.54) is 43.3 Å². The van der Waals surface area contributed by atoms with Crippen molar-refractivity contribution in [2.75, 3.05) is 0 Å².